The number of nitrogens with one attached hydrogen (secondary N) is 1. The molecule has 5 heteroatoms. The highest BCUT2D eigenvalue weighted by Gasteiger charge is 2.57. The van der Waals surface area contributed by atoms with E-state index in [4.69, 9.17) is 19.7 Å². The number of allylic oxidation sites excluding steroid dienone is 2. The van der Waals surface area contributed by atoms with E-state index in [1.165, 1.54) is 27.8 Å². The summed E-state index contributed by atoms with van der Waals surface area (Å²) >= 11 is 0. The van der Waals surface area contributed by atoms with Gasteiger partial charge in [-0.15, -0.1) is 0 Å². The number of pyridine rings is 1. The minimum atomic E-state index is -0.507. The third-order valence-electron chi connectivity index (χ3n) is 10.7. The highest BCUT2D eigenvalue weighted by atomic mass is 16.5. The van der Waals surface area contributed by atoms with E-state index < -0.39 is 17.2 Å². The van der Waals surface area contributed by atoms with Crippen LogP contribution in [0.15, 0.2) is 179 Å². The fourth-order valence-electron chi connectivity index (χ4n) is 8.46. The van der Waals surface area contributed by atoms with Gasteiger partial charge in [0.15, 0.2) is 12.0 Å². The minimum absolute atomic E-state index is 0.390. The molecule has 6 aromatic rings. The number of hydrogen-bond donors (Lipinski definition) is 1. The van der Waals surface area contributed by atoms with Crippen molar-refractivity contribution in [2.75, 3.05) is 0 Å². The Hall–Kier alpha value is -6.33. The van der Waals surface area contributed by atoms with Gasteiger partial charge in [0, 0.05) is 23.1 Å². The standard InChI is InChI=1S/C46H34N4O/c1-45-28-13-12-25-41(45)46(35-21-10-8-19-33(35)34-20-9-11-22-36(34)46)37-29-32(26-27-40(37)51-45)38-23-14-24-39(47-38)44-49-42(30-15-4-2-5-16-30)48-43(50-44)31-17-6-3-7-18-31/h2-27,29,42H,28H2,1H3,(H,48,49,50)/t42?,45-/m0/s1. The van der Waals surface area contributed by atoms with Crippen molar-refractivity contribution in [1.82, 2.24) is 10.3 Å². The number of ether oxygens (including phenoxy) is 1. The fraction of sp³-hybridized carbons (Fsp3) is 0.109. The Bertz CT molecular complexity index is 2430. The van der Waals surface area contributed by atoms with Crippen LogP contribution in [0.25, 0.3) is 22.4 Å². The molecule has 0 bridgehead atoms. The van der Waals surface area contributed by atoms with Crippen LogP contribution in [0.5, 0.6) is 5.75 Å². The average molecular weight is 659 g/mol. The van der Waals surface area contributed by atoms with Crippen LogP contribution in [0.3, 0.4) is 0 Å². The number of nitrogens with zero attached hydrogens (tertiary/aromatic N) is 3. The second-order valence-corrected chi connectivity index (χ2v) is 13.7. The average Bonchev–Trinajstić information content (AvgIpc) is 3.49. The molecule has 1 aromatic heterocycles. The Kier molecular flexibility index (Phi) is 6.59. The fourth-order valence-corrected chi connectivity index (χ4v) is 8.46. The number of hydrogen-bond acceptors (Lipinski definition) is 5. The minimum Gasteiger partial charge on any atom is -0.482 e. The van der Waals surface area contributed by atoms with Crippen LogP contribution in [0, 0.1) is 0 Å². The van der Waals surface area contributed by atoms with Gasteiger partial charge < -0.3 is 10.1 Å². The van der Waals surface area contributed by atoms with Gasteiger partial charge in [-0.2, -0.15) is 0 Å². The molecule has 5 aromatic carbocycles. The molecule has 4 aliphatic rings. The molecule has 3 heterocycles. The van der Waals surface area contributed by atoms with Gasteiger partial charge in [-0.1, -0.05) is 133 Å². The van der Waals surface area contributed by atoms with E-state index in [9.17, 15) is 0 Å². The number of benzene rings is 5. The summed E-state index contributed by atoms with van der Waals surface area (Å²) in [5.74, 6) is 2.36. The number of aromatic nitrogens is 1. The molecule has 244 valence electrons. The van der Waals surface area contributed by atoms with Crippen molar-refractivity contribution in [3.8, 4) is 28.1 Å². The maximum Gasteiger partial charge on any atom is 0.169 e. The molecule has 1 N–H and O–H groups in total. The Morgan fingerprint density at radius 3 is 2.06 bits per heavy atom. The summed E-state index contributed by atoms with van der Waals surface area (Å²) in [5.41, 5.74) is 11.2. The number of fused-ring (bicyclic) bond motifs is 9. The van der Waals surface area contributed by atoms with Crippen LogP contribution in [-0.2, 0) is 5.41 Å². The number of amidine groups is 2. The normalized spacial score (nSPS) is 20.4. The Balaban J connectivity index is 1.13. The molecule has 1 spiro atoms. The van der Waals surface area contributed by atoms with E-state index in [0.717, 1.165) is 51.6 Å². The maximum atomic E-state index is 6.98. The van der Waals surface area contributed by atoms with Crippen LogP contribution < -0.4 is 10.1 Å². The first-order chi connectivity index (χ1) is 25.1. The van der Waals surface area contributed by atoms with E-state index in [-0.39, 0.29) is 0 Å². The zero-order valence-corrected chi connectivity index (χ0v) is 28.1. The van der Waals surface area contributed by atoms with Gasteiger partial charge in [-0.3, -0.25) is 0 Å². The smallest absolute Gasteiger partial charge is 0.169 e. The van der Waals surface area contributed by atoms with Crippen LogP contribution in [-0.4, -0.2) is 22.3 Å². The van der Waals surface area contributed by atoms with E-state index in [1.54, 1.807) is 0 Å². The number of rotatable bonds is 4. The molecule has 1 unspecified atom stereocenters. The quantitative estimate of drug-likeness (QED) is 0.205. The molecule has 0 radical (unpaired) electrons. The van der Waals surface area contributed by atoms with Crippen molar-refractivity contribution in [1.29, 1.82) is 0 Å². The first kappa shape index (κ1) is 29.6. The largest absolute Gasteiger partial charge is 0.482 e. The highest BCUT2D eigenvalue weighted by Crippen LogP contribution is 2.63. The van der Waals surface area contributed by atoms with Gasteiger partial charge >= 0.3 is 0 Å². The van der Waals surface area contributed by atoms with Crippen molar-refractivity contribution < 1.29 is 4.74 Å². The lowest BCUT2D eigenvalue weighted by molar-refractivity contribution is 0.102. The molecule has 10 rings (SSSR count). The molecular weight excluding hydrogens is 625 g/mol. The molecule has 2 aliphatic heterocycles. The van der Waals surface area contributed by atoms with E-state index in [2.05, 4.69) is 134 Å². The van der Waals surface area contributed by atoms with Gasteiger partial charge in [0.2, 0.25) is 0 Å². The second kappa shape index (κ2) is 11.4. The molecule has 5 nitrogen and oxygen atoms in total. The molecule has 2 atom stereocenters. The van der Waals surface area contributed by atoms with Gasteiger partial charge in [-0.05, 0) is 70.6 Å². The van der Waals surface area contributed by atoms with E-state index >= 15 is 0 Å². The maximum absolute atomic E-state index is 6.98. The molecule has 2 aliphatic carbocycles. The topological polar surface area (TPSA) is 58.9 Å². The van der Waals surface area contributed by atoms with E-state index in [0.29, 0.717) is 5.84 Å². The van der Waals surface area contributed by atoms with Crippen molar-refractivity contribution >= 4 is 11.7 Å². The van der Waals surface area contributed by atoms with Crippen molar-refractivity contribution in [3.05, 3.63) is 203 Å². The monoisotopic (exact) mass is 658 g/mol. The summed E-state index contributed by atoms with van der Waals surface area (Å²) in [4.78, 5) is 15.4. The second-order valence-electron chi connectivity index (χ2n) is 13.7. The molecule has 0 amide bonds. The third-order valence-corrected chi connectivity index (χ3v) is 10.7. The Morgan fingerprint density at radius 2 is 1.29 bits per heavy atom. The molecule has 0 saturated heterocycles. The van der Waals surface area contributed by atoms with Crippen LogP contribution in [0.4, 0.5) is 0 Å². The Labute approximate surface area is 297 Å². The SMILES string of the molecule is C[C@]12CC=CC=C1C1(c3cc(-c4cccc(C5=NC(c6ccccc6)N=C(c6ccccc6)N5)n4)ccc3O2)c2ccccc2-c2ccccc21. The Morgan fingerprint density at radius 1 is 0.627 bits per heavy atom. The molecule has 0 fully saturated rings. The van der Waals surface area contributed by atoms with Gasteiger partial charge in [0.1, 0.15) is 22.9 Å². The zero-order valence-electron chi connectivity index (χ0n) is 28.1. The predicted octanol–water partition coefficient (Wildman–Crippen LogP) is 9.60. The summed E-state index contributed by atoms with van der Waals surface area (Å²) in [6.45, 7) is 2.24. The molecular formula is C46H34N4O. The summed E-state index contributed by atoms with van der Waals surface area (Å²) in [7, 11) is 0. The lowest BCUT2D eigenvalue weighted by Gasteiger charge is -2.50. The van der Waals surface area contributed by atoms with Crippen LogP contribution in [0.1, 0.15) is 53.0 Å². The van der Waals surface area contributed by atoms with Crippen LogP contribution in [0.2, 0.25) is 0 Å². The first-order valence-corrected chi connectivity index (χ1v) is 17.5. The van der Waals surface area contributed by atoms with Gasteiger partial charge in [0.05, 0.1) is 11.1 Å². The van der Waals surface area contributed by atoms with Gasteiger partial charge in [-0.25, -0.2) is 15.0 Å². The third kappa shape index (κ3) is 4.51. The first-order valence-electron chi connectivity index (χ1n) is 17.5. The molecule has 0 saturated carbocycles. The van der Waals surface area contributed by atoms with Crippen molar-refractivity contribution in [2.45, 2.75) is 30.5 Å². The summed E-state index contributed by atoms with van der Waals surface area (Å²) in [6.07, 6.45) is 7.12. The van der Waals surface area contributed by atoms with E-state index in [1.807, 2.05) is 42.5 Å². The highest BCUT2D eigenvalue weighted by molar-refractivity contribution is 6.15. The predicted molar refractivity (Wildman–Crippen MR) is 204 cm³/mol. The zero-order chi connectivity index (χ0) is 34.0. The molecule has 51 heavy (non-hydrogen) atoms. The lowest BCUT2D eigenvalue weighted by atomic mass is 9.59. The van der Waals surface area contributed by atoms with Crippen molar-refractivity contribution in [3.63, 3.8) is 0 Å². The summed E-state index contributed by atoms with van der Waals surface area (Å²) in [5, 5.41) is 3.51. The summed E-state index contributed by atoms with van der Waals surface area (Å²) in [6, 6.07) is 50.9. The van der Waals surface area contributed by atoms with Gasteiger partial charge in [0.25, 0.3) is 0 Å². The van der Waals surface area contributed by atoms with Crippen molar-refractivity contribution in [2.24, 2.45) is 9.98 Å². The van der Waals surface area contributed by atoms with Crippen LogP contribution >= 0.6 is 0 Å². The summed E-state index contributed by atoms with van der Waals surface area (Å²) < 4.78 is 6.98. The number of aliphatic imine (C=N–C) groups is 2. The lowest BCUT2D eigenvalue weighted by Crippen LogP contribution is -2.50.